The van der Waals surface area contributed by atoms with E-state index in [-0.39, 0.29) is 0 Å². The van der Waals surface area contributed by atoms with E-state index < -0.39 is 0 Å². The van der Waals surface area contributed by atoms with Gasteiger partial charge in [0.1, 0.15) is 6.07 Å². The fourth-order valence-electron chi connectivity index (χ4n) is 2.06. The van der Waals surface area contributed by atoms with E-state index in [1.54, 1.807) is 12.4 Å². The summed E-state index contributed by atoms with van der Waals surface area (Å²) in [4.78, 5) is 10.5. The first-order valence-electron chi connectivity index (χ1n) is 5.93. The van der Waals surface area contributed by atoms with E-state index in [0.717, 1.165) is 19.6 Å². The molecule has 1 fully saturated rings. The molecule has 17 heavy (non-hydrogen) atoms. The van der Waals surface area contributed by atoms with Crippen molar-refractivity contribution in [3.05, 3.63) is 18.1 Å². The maximum Gasteiger partial charge on any atom is 0.182 e. The summed E-state index contributed by atoms with van der Waals surface area (Å²) in [5.74, 6) is 1.27. The topological polar surface area (TPSA) is 64.8 Å². The minimum Gasteiger partial charge on any atom is -0.367 e. The molecule has 90 valence electrons. The molecule has 0 atom stereocenters. The van der Waals surface area contributed by atoms with E-state index in [0.29, 0.717) is 17.4 Å². The molecule has 5 heteroatoms. The largest absolute Gasteiger partial charge is 0.367 e. The Bertz CT molecular complexity index is 404. The van der Waals surface area contributed by atoms with Crippen LogP contribution in [0.3, 0.4) is 0 Å². The van der Waals surface area contributed by atoms with Crippen LogP contribution in [0.4, 0.5) is 5.82 Å². The Morgan fingerprint density at radius 3 is 2.82 bits per heavy atom. The van der Waals surface area contributed by atoms with Crippen LogP contribution in [0.2, 0.25) is 0 Å². The summed E-state index contributed by atoms with van der Waals surface area (Å²) in [6.07, 6.45) is 5.55. The Labute approximate surface area is 101 Å². The van der Waals surface area contributed by atoms with Crippen LogP contribution in [-0.2, 0) is 0 Å². The standard InChI is InChI=1S/C12H17N5/c1-17-6-2-10(3-7-17)9-16-12-11(8-13)14-4-5-15-12/h4-5,10H,2-3,6-7,9H2,1H3,(H,15,16). The van der Waals surface area contributed by atoms with Crippen LogP contribution in [0.15, 0.2) is 12.4 Å². The van der Waals surface area contributed by atoms with Crippen LogP contribution >= 0.6 is 0 Å². The number of nitrogens with zero attached hydrogens (tertiary/aromatic N) is 4. The Morgan fingerprint density at radius 2 is 2.12 bits per heavy atom. The van der Waals surface area contributed by atoms with Crippen molar-refractivity contribution in [3.8, 4) is 6.07 Å². The third-order valence-electron chi connectivity index (χ3n) is 3.20. The van der Waals surface area contributed by atoms with E-state index >= 15 is 0 Å². The van der Waals surface area contributed by atoms with Crippen molar-refractivity contribution in [3.63, 3.8) is 0 Å². The molecule has 1 N–H and O–H groups in total. The highest BCUT2D eigenvalue weighted by atomic mass is 15.1. The normalized spacial score (nSPS) is 17.6. The van der Waals surface area contributed by atoms with Crippen molar-refractivity contribution < 1.29 is 0 Å². The molecule has 5 nitrogen and oxygen atoms in total. The molecule has 1 aliphatic rings. The van der Waals surface area contributed by atoms with Crippen LogP contribution in [0.1, 0.15) is 18.5 Å². The molecule has 2 rings (SSSR count). The molecule has 0 spiro atoms. The zero-order valence-corrected chi connectivity index (χ0v) is 10.1. The third kappa shape index (κ3) is 3.14. The first kappa shape index (κ1) is 11.8. The van der Waals surface area contributed by atoms with Gasteiger partial charge in [-0.1, -0.05) is 0 Å². The van der Waals surface area contributed by atoms with Crippen molar-refractivity contribution in [2.24, 2.45) is 5.92 Å². The van der Waals surface area contributed by atoms with Gasteiger partial charge < -0.3 is 10.2 Å². The summed E-state index contributed by atoms with van der Waals surface area (Å²) in [7, 11) is 2.15. The van der Waals surface area contributed by atoms with Gasteiger partial charge in [0, 0.05) is 18.9 Å². The highest BCUT2D eigenvalue weighted by molar-refractivity contribution is 5.46. The molecular weight excluding hydrogens is 214 g/mol. The highest BCUT2D eigenvalue weighted by Gasteiger charge is 2.16. The predicted octanol–water partition coefficient (Wildman–Crippen LogP) is 1.10. The maximum atomic E-state index is 8.89. The summed E-state index contributed by atoms with van der Waals surface area (Å²) in [6.45, 7) is 3.18. The quantitative estimate of drug-likeness (QED) is 0.844. The van der Waals surface area contributed by atoms with Crippen LogP contribution in [0.5, 0.6) is 0 Å². The second kappa shape index (κ2) is 5.60. The molecule has 0 unspecified atom stereocenters. The maximum absolute atomic E-state index is 8.89. The van der Waals surface area contributed by atoms with Gasteiger partial charge in [-0.3, -0.25) is 0 Å². The van der Waals surface area contributed by atoms with Crippen molar-refractivity contribution in [2.45, 2.75) is 12.8 Å². The smallest absolute Gasteiger partial charge is 0.182 e. The van der Waals surface area contributed by atoms with Gasteiger partial charge in [0.15, 0.2) is 11.5 Å². The molecule has 1 aromatic rings. The van der Waals surface area contributed by atoms with E-state index in [9.17, 15) is 0 Å². The Morgan fingerprint density at radius 1 is 1.41 bits per heavy atom. The average Bonchev–Trinajstić information content (AvgIpc) is 2.38. The van der Waals surface area contributed by atoms with Gasteiger partial charge in [-0.15, -0.1) is 0 Å². The lowest BCUT2D eigenvalue weighted by Gasteiger charge is -2.29. The number of hydrogen-bond acceptors (Lipinski definition) is 5. The number of likely N-dealkylation sites (tertiary alicyclic amines) is 1. The molecule has 0 radical (unpaired) electrons. The Hall–Kier alpha value is -1.67. The molecule has 1 aromatic heterocycles. The summed E-state index contributed by atoms with van der Waals surface area (Å²) in [5, 5.41) is 12.1. The minimum absolute atomic E-state index is 0.375. The van der Waals surface area contributed by atoms with Crippen molar-refractivity contribution >= 4 is 5.82 Å². The number of anilines is 1. The van der Waals surface area contributed by atoms with Crippen molar-refractivity contribution in [1.29, 1.82) is 5.26 Å². The number of hydrogen-bond donors (Lipinski definition) is 1. The van der Waals surface area contributed by atoms with Crippen LogP contribution in [0, 0.1) is 17.2 Å². The number of aromatic nitrogens is 2. The number of piperidine rings is 1. The molecule has 0 aromatic carbocycles. The number of nitrogens with one attached hydrogen (secondary N) is 1. The molecular formula is C12H17N5. The zero-order valence-electron chi connectivity index (χ0n) is 10.1. The van der Waals surface area contributed by atoms with Gasteiger partial charge in [-0.05, 0) is 38.9 Å². The van der Waals surface area contributed by atoms with Crippen molar-refractivity contribution in [1.82, 2.24) is 14.9 Å². The number of nitriles is 1. The summed E-state index contributed by atoms with van der Waals surface area (Å²) >= 11 is 0. The lowest BCUT2D eigenvalue weighted by atomic mass is 9.97. The predicted molar refractivity (Wildman–Crippen MR) is 65.5 cm³/mol. The molecule has 0 aliphatic carbocycles. The second-order valence-electron chi connectivity index (χ2n) is 4.49. The molecule has 0 saturated carbocycles. The van der Waals surface area contributed by atoms with E-state index in [4.69, 9.17) is 5.26 Å². The lowest BCUT2D eigenvalue weighted by molar-refractivity contribution is 0.226. The van der Waals surface area contributed by atoms with Crippen LogP contribution in [-0.4, -0.2) is 41.5 Å². The average molecular weight is 231 g/mol. The van der Waals surface area contributed by atoms with Crippen molar-refractivity contribution in [2.75, 3.05) is 32.0 Å². The monoisotopic (exact) mass is 231 g/mol. The van der Waals surface area contributed by atoms with Gasteiger partial charge in [0.25, 0.3) is 0 Å². The van der Waals surface area contributed by atoms with Crippen LogP contribution in [0.25, 0.3) is 0 Å². The zero-order chi connectivity index (χ0) is 12.1. The number of rotatable bonds is 3. The molecule has 0 amide bonds. The molecule has 2 heterocycles. The Kier molecular flexibility index (Phi) is 3.89. The van der Waals surface area contributed by atoms with Gasteiger partial charge in [0.05, 0.1) is 0 Å². The first-order valence-corrected chi connectivity index (χ1v) is 5.93. The van der Waals surface area contributed by atoms with E-state index in [1.165, 1.54) is 12.8 Å². The summed E-state index contributed by atoms with van der Waals surface area (Å²) < 4.78 is 0. The summed E-state index contributed by atoms with van der Waals surface area (Å²) in [6, 6.07) is 2.05. The molecule has 0 bridgehead atoms. The SMILES string of the molecule is CN1CCC(CNc2nccnc2C#N)CC1. The van der Waals surface area contributed by atoms with Gasteiger partial charge in [0.2, 0.25) is 0 Å². The first-order chi connectivity index (χ1) is 8.29. The minimum atomic E-state index is 0.375. The lowest BCUT2D eigenvalue weighted by Crippen LogP contribution is -2.33. The Balaban J connectivity index is 1.88. The second-order valence-corrected chi connectivity index (χ2v) is 4.49. The van der Waals surface area contributed by atoms with E-state index in [2.05, 4.69) is 27.2 Å². The summed E-state index contributed by atoms with van der Waals surface area (Å²) in [5.41, 5.74) is 0.375. The van der Waals surface area contributed by atoms with Gasteiger partial charge in [-0.25, -0.2) is 9.97 Å². The van der Waals surface area contributed by atoms with Gasteiger partial charge >= 0.3 is 0 Å². The third-order valence-corrected chi connectivity index (χ3v) is 3.20. The van der Waals surface area contributed by atoms with Crippen LogP contribution < -0.4 is 5.32 Å². The molecule has 1 saturated heterocycles. The highest BCUT2D eigenvalue weighted by Crippen LogP contribution is 2.17. The fourth-order valence-corrected chi connectivity index (χ4v) is 2.06. The fraction of sp³-hybridized carbons (Fsp3) is 0.583. The van der Waals surface area contributed by atoms with Gasteiger partial charge in [-0.2, -0.15) is 5.26 Å². The molecule has 1 aliphatic heterocycles. The van der Waals surface area contributed by atoms with E-state index in [1.807, 2.05) is 6.07 Å².